The van der Waals surface area contributed by atoms with E-state index in [1.54, 1.807) is 0 Å². The van der Waals surface area contributed by atoms with E-state index in [2.05, 4.69) is 162 Å². The van der Waals surface area contributed by atoms with Gasteiger partial charge in [0.25, 0.3) is 0 Å². The molecule has 6 aromatic carbocycles. The maximum atomic E-state index is 5.77. The van der Waals surface area contributed by atoms with Gasteiger partial charge in [-0.05, 0) is 16.7 Å². The second kappa shape index (κ2) is 12.3. The van der Waals surface area contributed by atoms with Crippen molar-refractivity contribution in [2.45, 2.75) is 5.54 Å². The van der Waals surface area contributed by atoms with Gasteiger partial charge in [-0.2, -0.15) is 0 Å². The molecule has 4 heteroatoms. The fourth-order valence-electron chi connectivity index (χ4n) is 6.51. The predicted molar refractivity (Wildman–Crippen MR) is 192 cm³/mol. The van der Waals surface area contributed by atoms with Crippen molar-refractivity contribution < 1.29 is 0 Å². The zero-order valence-electron chi connectivity index (χ0n) is 25.7. The molecule has 0 aliphatic carbocycles. The molecular weight excluding hydrogens is 573 g/mol. The largest absolute Gasteiger partial charge is 0.339 e. The molecule has 0 bridgehead atoms. The van der Waals surface area contributed by atoms with E-state index < -0.39 is 5.54 Å². The van der Waals surface area contributed by atoms with E-state index in [1.165, 1.54) is 0 Å². The molecule has 0 unspecified atom stereocenters. The van der Waals surface area contributed by atoms with Gasteiger partial charge in [-0.15, -0.1) is 0 Å². The number of hydrogen-bond donors (Lipinski definition) is 2. The molecule has 1 aliphatic rings. The van der Waals surface area contributed by atoms with Crippen molar-refractivity contribution >= 4 is 17.1 Å². The van der Waals surface area contributed by atoms with Gasteiger partial charge in [-0.1, -0.05) is 182 Å². The molecule has 8 rings (SSSR count). The second-order valence-electron chi connectivity index (χ2n) is 11.6. The summed E-state index contributed by atoms with van der Waals surface area (Å²) in [5.74, 6) is 1.59. The van der Waals surface area contributed by atoms with Gasteiger partial charge in [0.05, 0.1) is 17.1 Å². The summed E-state index contributed by atoms with van der Waals surface area (Å²) in [4.78, 5) is 14.9. The van der Waals surface area contributed by atoms with E-state index in [0.29, 0.717) is 0 Å². The number of amidine groups is 1. The second-order valence-corrected chi connectivity index (χ2v) is 11.6. The molecular formula is C43H32N4. The van der Waals surface area contributed by atoms with Gasteiger partial charge in [0.2, 0.25) is 0 Å². The Hall–Kier alpha value is -6.26. The Kier molecular flexibility index (Phi) is 7.37. The molecule has 224 valence electrons. The van der Waals surface area contributed by atoms with Crippen LogP contribution in [0.4, 0.5) is 0 Å². The Morgan fingerprint density at radius 3 is 1.36 bits per heavy atom. The summed E-state index contributed by atoms with van der Waals surface area (Å²) in [7, 11) is 0. The van der Waals surface area contributed by atoms with Crippen LogP contribution < -0.4 is 5.32 Å². The molecule has 0 amide bonds. The first-order valence-corrected chi connectivity index (χ1v) is 15.9. The van der Waals surface area contributed by atoms with E-state index >= 15 is 0 Å². The van der Waals surface area contributed by atoms with Crippen molar-refractivity contribution in [3.8, 4) is 22.6 Å². The van der Waals surface area contributed by atoms with Crippen molar-refractivity contribution in [1.29, 1.82) is 0 Å². The molecule has 7 aromatic rings. The predicted octanol–water partition coefficient (Wildman–Crippen LogP) is 9.61. The number of aliphatic imine (C=N–C) groups is 1. The fraction of sp³-hybridized carbons (Fsp3) is 0.0233. The Balaban J connectivity index is 1.54. The van der Waals surface area contributed by atoms with E-state index in [1.807, 2.05) is 30.3 Å². The maximum absolute atomic E-state index is 5.77. The maximum Gasteiger partial charge on any atom is 0.142 e. The van der Waals surface area contributed by atoms with Crippen LogP contribution >= 0.6 is 0 Å². The van der Waals surface area contributed by atoms with Crippen LogP contribution in [0.2, 0.25) is 0 Å². The summed E-state index contributed by atoms with van der Waals surface area (Å²) >= 11 is 0. The Morgan fingerprint density at radius 2 is 0.851 bits per heavy atom. The third-order valence-corrected chi connectivity index (χ3v) is 8.68. The summed E-state index contributed by atoms with van der Waals surface area (Å²) in [6.45, 7) is 0. The highest BCUT2D eigenvalue weighted by Gasteiger charge is 2.46. The van der Waals surface area contributed by atoms with Crippen LogP contribution in [0, 0.1) is 0 Å². The molecule has 0 saturated carbocycles. The first kappa shape index (κ1) is 28.2. The van der Waals surface area contributed by atoms with Gasteiger partial charge in [-0.3, -0.25) is 0 Å². The summed E-state index contributed by atoms with van der Waals surface area (Å²) in [5, 5.41) is 3.84. The number of imidazole rings is 1. The SMILES string of the molecule is c1ccc(C2=NC(c3ccccc3)(c3ccccc3)C(c3[nH]c(-c4ccccc4)nc3-c3ccccc3)=C(c3ccccc3)N2)cc1. The lowest BCUT2D eigenvalue weighted by Gasteiger charge is -2.40. The van der Waals surface area contributed by atoms with Crippen molar-refractivity contribution in [3.63, 3.8) is 0 Å². The van der Waals surface area contributed by atoms with Crippen molar-refractivity contribution in [2.24, 2.45) is 4.99 Å². The third-order valence-electron chi connectivity index (χ3n) is 8.68. The van der Waals surface area contributed by atoms with Crippen molar-refractivity contribution in [2.75, 3.05) is 0 Å². The Labute approximate surface area is 274 Å². The monoisotopic (exact) mass is 604 g/mol. The molecule has 47 heavy (non-hydrogen) atoms. The standard InChI is InChI=1S/C43H32N4/c1-7-19-31(20-8-1)38-37(40-39(32-21-9-2-10-22-32)45-41(46-40)33-23-11-3-12-24-33)43(35-27-15-5-16-28-35,36-29-17-6-18-30-36)47-42(44-38)34-25-13-4-14-26-34/h1-30H,(H,44,47)(H,45,46). The average Bonchev–Trinajstić information content (AvgIpc) is 3.61. The molecule has 2 N–H and O–H groups in total. The van der Waals surface area contributed by atoms with Crippen LogP contribution in [0.15, 0.2) is 187 Å². The van der Waals surface area contributed by atoms with Crippen LogP contribution in [0.5, 0.6) is 0 Å². The number of rotatable bonds is 7. The van der Waals surface area contributed by atoms with Crippen molar-refractivity contribution in [3.05, 3.63) is 210 Å². The molecule has 0 saturated heterocycles. The van der Waals surface area contributed by atoms with Crippen LogP contribution in [0.1, 0.15) is 27.9 Å². The number of aromatic amines is 1. The number of hydrogen-bond acceptors (Lipinski definition) is 3. The molecule has 0 spiro atoms. The minimum absolute atomic E-state index is 0.796. The first-order valence-electron chi connectivity index (χ1n) is 15.9. The van der Waals surface area contributed by atoms with Gasteiger partial charge in [0.1, 0.15) is 17.2 Å². The number of nitrogens with one attached hydrogen (secondary N) is 2. The fourth-order valence-corrected chi connectivity index (χ4v) is 6.51. The molecule has 1 aliphatic heterocycles. The minimum atomic E-state index is -0.950. The summed E-state index contributed by atoms with van der Waals surface area (Å²) < 4.78 is 0. The number of nitrogens with zero attached hydrogens (tertiary/aromatic N) is 2. The molecule has 4 nitrogen and oxygen atoms in total. The Bertz CT molecular complexity index is 2130. The lowest BCUT2D eigenvalue weighted by molar-refractivity contribution is 0.691. The van der Waals surface area contributed by atoms with Crippen LogP contribution in [0.25, 0.3) is 33.9 Å². The van der Waals surface area contributed by atoms with Crippen LogP contribution in [-0.2, 0) is 5.54 Å². The first-order chi connectivity index (χ1) is 23.3. The van der Waals surface area contributed by atoms with Crippen LogP contribution in [-0.4, -0.2) is 15.8 Å². The Morgan fingerprint density at radius 1 is 0.426 bits per heavy atom. The van der Waals surface area contributed by atoms with E-state index in [-0.39, 0.29) is 0 Å². The van der Waals surface area contributed by atoms with Gasteiger partial charge in [-0.25, -0.2) is 9.98 Å². The van der Waals surface area contributed by atoms with Crippen molar-refractivity contribution in [1.82, 2.24) is 15.3 Å². The van der Waals surface area contributed by atoms with Gasteiger partial charge >= 0.3 is 0 Å². The molecule has 2 heterocycles. The minimum Gasteiger partial charge on any atom is -0.339 e. The number of benzene rings is 6. The van der Waals surface area contributed by atoms with E-state index in [9.17, 15) is 0 Å². The number of H-pyrrole nitrogens is 1. The lowest BCUT2D eigenvalue weighted by atomic mass is 9.72. The number of aromatic nitrogens is 2. The summed E-state index contributed by atoms with van der Waals surface area (Å²) in [6, 6.07) is 62.9. The van der Waals surface area contributed by atoms with Gasteiger partial charge < -0.3 is 10.3 Å². The quantitative estimate of drug-likeness (QED) is 0.190. The highest BCUT2D eigenvalue weighted by molar-refractivity contribution is 6.13. The molecule has 1 aromatic heterocycles. The highest BCUT2D eigenvalue weighted by Crippen LogP contribution is 2.52. The molecule has 0 fully saturated rings. The topological polar surface area (TPSA) is 53.1 Å². The molecule has 0 atom stereocenters. The van der Waals surface area contributed by atoms with E-state index in [4.69, 9.17) is 9.98 Å². The lowest BCUT2D eigenvalue weighted by Crippen LogP contribution is -2.40. The summed E-state index contributed by atoms with van der Waals surface area (Å²) in [5.41, 5.74) is 8.99. The summed E-state index contributed by atoms with van der Waals surface area (Å²) in [6.07, 6.45) is 0. The highest BCUT2D eigenvalue weighted by atomic mass is 15.1. The van der Waals surface area contributed by atoms with Gasteiger partial charge in [0, 0.05) is 22.3 Å². The average molecular weight is 605 g/mol. The van der Waals surface area contributed by atoms with Gasteiger partial charge in [0.15, 0.2) is 0 Å². The molecule has 0 radical (unpaired) electrons. The zero-order chi connectivity index (χ0) is 31.5. The third kappa shape index (κ3) is 5.16. The zero-order valence-corrected chi connectivity index (χ0v) is 25.7. The smallest absolute Gasteiger partial charge is 0.142 e. The van der Waals surface area contributed by atoms with E-state index in [0.717, 1.165) is 67.7 Å². The van der Waals surface area contributed by atoms with Crippen LogP contribution in [0.3, 0.4) is 0 Å². The normalized spacial score (nSPS) is 13.9.